The van der Waals surface area contributed by atoms with E-state index < -0.39 is 0 Å². The molecule has 5 heteroatoms. The Labute approximate surface area is 162 Å². The second-order valence-electron chi connectivity index (χ2n) is 6.41. The van der Waals surface area contributed by atoms with Crippen LogP contribution in [0.5, 0.6) is 0 Å². The molecule has 2 heterocycles. The van der Waals surface area contributed by atoms with Gasteiger partial charge >= 0.3 is 0 Å². The van der Waals surface area contributed by atoms with Crippen LogP contribution in [0.3, 0.4) is 0 Å². The molecule has 0 aliphatic carbocycles. The molecule has 0 saturated carbocycles. The molecule has 0 aliphatic heterocycles. The summed E-state index contributed by atoms with van der Waals surface area (Å²) in [5, 5.41) is 13.8. The van der Waals surface area contributed by atoms with Crippen molar-refractivity contribution in [1.29, 1.82) is 5.26 Å². The highest BCUT2D eigenvalue weighted by atomic mass is 16.1. The van der Waals surface area contributed by atoms with Gasteiger partial charge in [0.2, 0.25) is 5.91 Å². The van der Waals surface area contributed by atoms with Gasteiger partial charge in [0.25, 0.3) is 0 Å². The number of para-hydroxylation sites is 2. The number of anilines is 1. The van der Waals surface area contributed by atoms with Crippen molar-refractivity contribution in [1.82, 2.24) is 9.55 Å². The second kappa shape index (κ2) is 7.77. The molecule has 4 aromatic rings. The summed E-state index contributed by atoms with van der Waals surface area (Å²) >= 11 is 0. The van der Waals surface area contributed by atoms with Gasteiger partial charge in [-0.15, -0.1) is 0 Å². The van der Waals surface area contributed by atoms with Gasteiger partial charge in [-0.2, -0.15) is 5.26 Å². The number of hydrogen-bond acceptors (Lipinski definition) is 3. The predicted molar refractivity (Wildman–Crippen MR) is 112 cm³/mol. The molecule has 5 nitrogen and oxygen atoms in total. The van der Waals surface area contributed by atoms with E-state index in [4.69, 9.17) is 5.26 Å². The topological polar surface area (TPSA) is 70.7 Å². The van der Waals surface area contributed by atoms with Crippen molar-refractivity contribution in [3.63, 3.8) is 0 Å². The number of nitrogens with zero attached hydrogens (tertiary/aromatic N) is 3. The molecule has 0 saturated heterocycles. The first-order valence-corrected chi connectivity index (χ1v) is 9.04. The number of fused-ring (bicyclic) bond motifs is 2. The minimum Gasteiger partial charge on any atom is -0.346 e. The molecule has 0 radical (unpaired) electrons. The third-order valence-electron chi connectivity index (χ3n) is 4.59. The van der Waals surface area contributed by atoms with Crippen molar-refractivity contribution in [2.75, 3.05) is 5.32 Å². The number of carbonyl (C=O) groups excluding carboxylic acids is 1. The number of hydrogen-bond donors (Lipinski definition) is 1. The van der Waals surface area contributed by atoms with Crippen molar-refractivity contribution in [2.45, 2.75) is 13.0 Å². The Morgan fingerprint density at radius 2 is 2.00 bits per heavy atom. The quantitative estimate of drug-likeness (QED) is 0.518. The number of pyridine rings is 1. The SMILES string of the molecule is N#CCCn1cc(/C=C/C(=O)Nc2cccc3cccnc23)c2ccccc21. The van der Waals surface area contributed by atoms with Gasteiger partial charge in [-0.3, -0.25) is 9.78 Å². The lowest BCUT2D eigenvalue weighted by Gasteiger charge is -2.05. The molecule has 4 rings (SSSR count). The Bertz CT molecular complexity index is 1230. The molecule has 0 unspecified atom stereocenters. The van der Waals surface area contributed by atoms with Gasteiger partial charge in [0.15, 0.2) is 0 Å². The van der Waals surface area contributed by atoms with Gasteiger partial charge in [0.1, 0.15) is 0 Å². The molecule has 28 heavy (non-hydrogen) atoms. The maximum atomic E-state index is 12.5. The number of carbonyl (C=O) groups is 1. The lowest BCUT2D eigenvalue weighted by molar-refractivity contribution is -0.111. The molecule has 1 amide bonds. The average molecular weight is 366 g/mol. The van der Waals surface area contributed by atoms with Crippen molar-refractivity contribution in [2.24, 2.45) is 0 Å². The van der Waals surface area contributed by atoms with Gasteiger partial charge in [0, 0.05) is 46.9 Å². The summed E-state index contributed by atoms with van der Waals surface area (Å²) in [5.74, 6) is -0.216. The minimum atomic E-state index is -0.216. The Morgan fingerprint density at radius 1 is 1.14 bits per heavy atom. The fourth-order valence-electron chi connectivity index (χ4n) is 3.31. The lowest BCUT2D eigenvalue weighted by Crippen LogP contribution is -2.08. The zero-order valence-electron chi connectivity index (χ0n) is 15.2. The Morgan fingerprint density at radius 3 is 2.89 bits per heavy atom. The molecule has 0 spiro atoms. The predicted octanol–water partition coefficient (Wildman–Crippen LogP) is 4.76. The molecular formula is C23H18N4O. The number of amides is 1. The normalized spacial score (nSPS) is 11.1. The molecular weight excluding hydrogens is 348 g/mol. The van der Waals surface area contributed by atoms with E-state index in [1.807, 2.05) is 65.4 Å². The highest BCUT2D eigenvalue weighted by Gasteiger charge is 2.07. The number of rotatable bonds is 5. The van der Waals surface area contributed by atoms with Crippen LogP contribution in [-0.4, -0.2) is 15.5 Å². The highest BCUT2D eigenvalue weighted by molar-refractivity contribution is 6.07. The molecule has 0 atom stereocenters. The van der Waals surface area contributed by atoms with Gasteiger partial charge in [-0.05, 0) is 24.3 Å². The largest absolute Gasteiger partial charge is 0.346 e. The number of aryl methyl sites for hydroxylation is 1. The molecule has 2 aromatic carbocycles. The van der Waals surface area contributed by atoms with E-state index in [2.05, 4.69) is 16.4 Å². The van der Waals surface area contributed by atoms with E-state index in [1.165, 1.54) is 6.08 Å². The fourth-order valence-corrected chi connectivity index (χ4v) is 3.31. The van der Waals surface area contributed by atoms with Crippen LogP contribution in [0.15, 0.2) is 73.1 Å². The van der Waals surface area contributed by atoms with E-state index in [-0.39, 0.29) is 5.91 Å². The Kier molecular flexibility index (Phi) is 4.85. The highest BCUT2D eigenvalue weighted by Crippen LogP contribution is 2.23. The van der Waals surface area contributed by atoms with Gasteiger partial charge < -0.3 is 9.88 Å². The standard InChI is InChI=1S/C23H18N4O/c24-13-5-15-27-16-18(19-8-1-2-10-21(19)27)11-12-22(28)26-20-9-3-6-17-7-4-14-25-23(17)20/h1-4,6-12,14,16H,5,15H2,(H,26,28)/b12-11+. The smallest absolute Gasteiger partial charge is 0.248 e. The number of nitrogens with one attached hydrogen (secondary N) is 1. The summed E-state index contributed by atoms with van der Waals surface area (Å²) in [4.78, 5) is 16.8. The van der Waals surface area contributed by atoms with E-state index in [9.17, 15) is 4.79 Å². The van der Waals surface area contributed by atoms with E-state index >= 15 is 0 Å². The second-order valence-corrected chi connectivity index (χ2v) is 6.41. The maximum Gasteiger partial charge on any atom is 0.248 e. The number of aromatic nitrogens is 2. The first-order chi connectivity index (χ1) is 13.8. The molecule has 136 valence electrons. The summed E-state index contributed by atoms with van der Waals surface area (Å²) in [5.41, 5.74) is 3.44. The van der Waals surface area contributed by atoms with Crippen molar-refractivity contribution >= 4 is 39.5 Å². The van der Waals surface area contributed by atoms with Crippen LogP contribution in [0.1, 0.15) is 12.0 Å². The molecule has 0 aliphatic rings. The van der Waals surface area contributed by atoms with Crippen LogP contribution in [0, 0.1) is 11.3 Å². The van der Waals surface area contributed by atoms with Crippen molar-refractivity contribution in [3.05, 3.63) is 78.6 Å². The third-order valence-corrected chi connectivity index (χ3v) is 4.59. The first-order valence-electron chi connectivity index (χ1n) is 9.04. The summed E-state index contributed by atoms with van der Waals surface area (Å²) in [6.07, 6.45) is 7.46. The minimum absolute atomic E-state index is 0.216. The lowest BCUT2D eigenvalue weighted by atomic mass is 10.1. The maximum absolute atomic E-state index is 12.5. The summed E-state index contributed by atoms with van der Waals surface area (Å²) in [6, 6.07) is 19.7. The number of nitriles is 1. The zero-order chi connectivity index (χ0) is 19.3. The van der Waals surface area contributed by atoms with Gasteiger partial charge in [-0.1, -0.05) is 36.4 Å². The molecule has 0 bridgehead atoms. The van der Waals surface area contributed by atoms with Crippen molar-refractivity contribution < 1.29 is 4.79 Å². The average Bonchev–Trinajstić information content (AvgIpc) is 3.09. The molecule has 0 fully saturated rings. The monoisotopic (exact) mass is 366 g/mol. The fraction of sp³-hybridized carbons (Fsp3) is 0.0870. The van der Waals surface area contributed by atoms with Crippen LogP contribution in [0.4, 0.5) is 5.69 Å². The zero-order valence-corrected chi connectivity index (χ0v) is 15.2. The summed E-state index contributed by atoms with van der Waals surface area (Å²) < 4.78 is 2.05. The Hall–Kier alpha value is -3.91. The van der Waals surface area contributed by atoms with Crippen LogP contribution in [0.2, 0.25) is 0 Å². The first kappa shape index (κ1) is 17.5. The van der Waals surface area contributed by atoms with Crippen LogP contribution >= 0.6 is 0 Å². The van der Waals surface area contributed by atoms with Crippen LogP contribution in [-0.2, 0) is 11.3 Å². The summed E-state index contributed by atoms with van der Waals surface area (Å²) in [7, 11) is 0. The van der Waals surface area contributed by atoms with Crippen molar-refractivity contribution in [3.8, 4) is 6.07 Å². The third kappa shape index (κ3) is 3.49. The molecule has 1 N–H and O–H groups in total. The van der Waals surface area contributed by atoms with E-state index in [0.29, 0.717) is 18.7 Å². The summed E-state index contributed by atoms with van der Waals surface area (Å²) in [6.45, 7) is 0.624. The van der Waals surface area contributed by atoms with E-state index in [0.717, 1.165) is 27.4 Å². The number of benzene rings is 2. The Balaban J connectivity index is 1.59. The van der Waals surface area contributed by atoms with Crippen LogP contribution in [0.25, 0.3) is 27.9 Å². The van der Waals surface area contributed by atoms with Gasteiger partial charge in [-0.25, -0.2) is 0 Å². The van der Waals surface area contributed by atoms with Crippen LogP contribution < -0.4 is 5.32 Å². The van der Waals surface area contributed by atoms with E-state index in [1.54, 1.807) is 12.3 Å². The molecule has 2 aromatic heterocycles. The van der Waals surface area contributed by atoms with Gasteiger partial charge in [0.05, 0.1) is 23.7 Å².